The van der Waals surface area contributed by atoms with Gasteiger partial charge in [-0.25, -0.2) is 4.98 Å². The normalized spacial score (nSPS) is 13.7. The predicted octanol–water partition coefficient (Wildman–Crippen LogP) is 2.11. The van der Waals surface area contributed by atoms with Crippen LogP contribution in [0.25, 0.3) is 0 Å². The predicted molar refractivity (Wildman–Crippen MR) is 70.1 cm³/mol. The number of anilines is 2. The van der Waals surface area contributed by atoms with Crippen molar-refractivity contribution in [1.82, 2.24) is 9.97 Å². The molecule has 2 rings (SSSR count). The summed E-state index contributed by atoms with van der Waals surface area (Å²) in [6.07, 6.45) is 0. The van der Waals surface area contributed by atoms with Crippen LogP contribution in [0, 0.1) is 0 Å². The quantitative estimate of drug-likeness (QED) is 0.870. The van der Waals surface area contributed by atoms with Gasteiger partial charge in [0.15, 0.2) is 0 Å². The number of hydrogen-bond donors (Lipinski definition) is 1. The van der Waals surface area contributed by atoms with Crippen molar-refractivity contribution in [3.05, 3.63) is 11.3 Å². The lowest BCUT2D eigenvalue weighted by molar-refractivity contribution is 0.814. The van der Waals surface area contributed by atoms with Gasteiger partial charge in [0, 0.05) is 37.2 Å². The summed E-state index contributed by atoms with van der Waals surface area (Å²) in [5.74, 6) is 3.90. The molecule has 0 fully saturated rings. The molecule has 0 unspecified atom stereocenters. The zero-order chi connectivity index (χ0) is 11.5. The van der Waals surface area contributed by atoms with E-state index in [-0.39, 0.29) is 0 Å². The molecule has 1 N–H and O–H groups in total. The molecule has 1 aliphatic rings. The van der Waals surface area contributed by atoms with Crippen LogP contribution in [0.2, 0.25) is 0 Å². The van der Waals surface area contributed by atoms with Crippen molar-refractivity contribution in [1.29, 1.82) is 0 Å². The number of nitrogens with one attached hydrogen (secondary N) is 1. The Morgan fingerprint density at radius 3 is 2.62 bits per heavy atom. The largest absolute Gasteiger partial charge is 0.373 e. The van der Waals surface area contributed by atoms with Gasteiger partial charge in [-0.3, -0.25) is 0 Å². The topological polar surface area (TPSA) is 41.1 Å². The van der Waals surface area contributed by atoms with Gasteiger partial charge in [0.1, 0.15) is 5.82 Å². The summed E-state index contributed by atoms with van der Waals surface area (Å²) in [5.41, 5.74) is 2.48. The van der Waals surface area contributed by atoms with Crippen molar-refractivity contribution in [3.63, 3.8) is 0 Å². The minimum atomic E-state index is 0.857. The molecule has 1 aromatic heterocycles. The molecular formula is C11H18N4S. The van der Waals surface area contributed by atoms with Gasteiger partial charge in [-0.15, -0.1) is 0 Å². The van der Waals surface area contributed by atoms with E-state index in [9.17, 15) is 0 Å². The van der Waals surface area contributed by atoms with Crippen LogP contribution in [0.5, 0.6) is 0 Å². The average Bonchev–Trinajstić information content (AvgIpc) is 2.77. The SMILES string of the molecule is CCN(CC)c1nc2c(c(NC)n1)CSC2. The molecular weight excluding hydrogens is 220 g/mol. The molecule has 0 bridgehead atoms. The molecule has 0 saturated carbocycles. The van der Waals surface area contributed by atoms with E-state index in [0.717, 1.165) is 36.4 Å². The van der Waals surface area contributed by atoms with E-state index in [4.69, 9.17) is 0 Å². The molecule has 0 amide bonds. The molecule has 1 aromatic rings. The van der Waals surface area contributed by atoms with E-state index in [1.54, 1.807) is 0 Å². The van der Waals surface area contributed by atoms with Crippen molar-refractivity contribution >= 4 is 23.5 Å². The van der Waals surface area contributed by atoms with Crippen LogP contribution in [0.3, 0.4) is 0 Å². The van der Waals surface area contributed by atoms with Gasteiger partial charge in [-0.1, -0.05) is 0 Å². The summed E-state index contributed by atoms with van der Waals surface area (Å²) in [7, 11) is 1.93. The molecule has 0 spiro atoms. The Labute approximate surface area is 101 Å². The number of hydrogen-bond acceptors (Lipinski definition) is 5. The van der Waals surface area contributed by atoms with Gasteiger partial charge in [-0.2, -0.15) is 16.7 Å². The summed E-state index contributed by atoms with van der Waals surface area (Å²) >= 11 is 1.91. The van der Waals surface area contributed by atoms with Crippen LogP contribution < -0.4 is 10.2 Å². The second-order valence-corrected chi connectivity index (χ2v) is 4.70. The summed E-state index contributed by atoms with van der Waals surface area (Å²) in [4.78, 5) is 11.4. The van der Waals surface area contributed by atoms with Gasteiger partial charge < -0.3 is 10.2 Å². The first-order chi connectivity index (χ1) is 7.80. The third kappa shape index (κ3) is 1.96. The van der Waals surface area contributed by atoms with E-state index in [0.29, 0.717) is 0 Å². The first-order valence-electron chi connectivity index (χ1n) is 5.70. The van der Waals surface area contributed by atoms with E-state index in [2.05, 4.69) is 34.0 Å². The minimum absolute atomic E-state index is 0.857. The Morgan fingerprint density at radius 1 is 1.25 bits per heavy atom. The van der Waals surface area contributed by atoms with Crippen LogP contribution in [-0.2, 0) is 11.5 Å². The van der Waals surface area contributed by atoms with Crippen molar-refractivity contribution < 1.29 is 0 Å². The molecule has 16 heavy (non-hydrogen) atoms. The lowest BCUT2D eigenvalue weighted by atomic mass is 10.2. The van der Waals surface area contributed by atoms with Crippen LogP contribution >= 0.6 is 11.8 Å². The van der Waals surface area contributed by atoms with Crippen LogP contribution in [-0.4, -0.2) is 30.1 Å². The third-order valence-electron chi connectivity index (χ3n) is 2.85. The first-order valence-corrected chi connectivity index (χ1v) is 6.85. The molecule has 0 atom stereocenters. The Hall–Kier alpha value is -0.970. The fraction of sp³-hybridized carbons (Fsp3) is 0.636. The molecule has 0 aliphatic carbocycles. The maximum Gasteiger partial charge on any atom is 0.227 e. The lowest BCUT2D eigenvalue weighted by Crippen LogP contribution is -2.25. The highest BCUT2D eigenvalue weighted by Gasteiger charge is 2.20. The maximum absolute atomic E-state index is 4.66. The summed E-state index contributed by atoms with van der Waals surface area (Å²) in [6, 6.07) is 0. The van der Waals surface area contributed by atoms with Gasteiger partial charge >= 0.3 is 0 Å². The maximum atomic E-state index is 4.66. The number of fused-ring (bicyclic) bond motifs is 1. The van der Waals surface area contributed by atoms with E-state index < -0.39 is 0 Å². The number of aromatic nitrogens is 2. The Bertz CT molecular complexity index is 376. The molecule has 5 heteroatoms. The average molecular weight is 238 g/mol. The van der Waals surface area contributed by atoms with Crippen molar-refractivity contribution in [2.75, 3.05) is 30.4 Å². The zero-order valence-corrected chi connectivity index (χ0v) is 10.9. The highest BCUT2D eigenvalue weighted by molar-refractivity contribution is 7.98. The molecule has 4 nitrogen and oxygen atoms in total. The second kappa shape index (κ2) is 4.91. The molecule has 0 radical (unpaired) electrons. The Morgan fingerprint density at radius 2 is 2.00 bits per heavy atom. The zero-order valence-electron chi connectivity index (χ0n) is 10.1. The first kappa shape index (κ1) is 11.5. The van der Waals surface area contributed by atoms with Crippen LogP contribution in [0.15, 0.2) is 0 Å². The fourth-order valence-electron chi connectivity index (χ4n) is 1.89. The van der Waals surface area contributed by atoms with Gasteiger partial charge in [0.25, 0.3) is 0 Å². The van der Waals surface area contributed by atoms with Crippen LogP contribution in [0.4, 0.5) is 11.8 Å². The van der Waals surface area contributed by atoms with Crippen molar-refractivity contribution in [2.24, 2.45) is 0 Å². The lowest BCUT2D eigenvalue weighted by Gasteiger charge is -2.20. The highest BCUT2D eigenvalue weighted by atomic mass is 32.2. The highest BCUT2D eigenvalue weighted by Crippen LogP contribution is 2.33. The fourth-order valence-corrected chi connectivity index (χ4v) is 2.93. The third-order valence-corrected chi connectivity index (χ3v) is 3.82. The molecule has 88 valence electrons. The molecule has 1 aliphatic heterocycles. The second-order valence-electron chi connectivity index (χ2n) is 3.71. The van der Waals surface area contributed by atoms with E-state index in [1.807, 2.05) is 18.8 Å². The van der Waals surface area contributed by atoms with E-state index >= 15 is 0 Å². The van der Waals surface area contributed by atoms with Gasteiger partial charge in [0.05, 0.1) is 5.69 Å². The monoisotopic (exact) mass is 238 g/mol. The number of thioether (sulfide) groups is 1. The van der Waals surface area contributed by atoms with E-state index in [1.165, 1.54) is 11.3 Å². The number of nitrogens with zero attached hydrogens (tertiary/aromatic N) is 3. The minimum Gasteiger partial charge on any atom is -0.373 e. The summed E-state index contributed by atoms with van der Waals surface area (Å²) in [5, 5.41) is 3.18. The molecule has 0 aromatic carbocycles. The Kier molecular flexibility index (Phi) is 3.53. The number of rotatable bonds is 4. The molecule has 2 heterocycles. The summed E-state index contributed by atoms with van der Waals surface area (Å²) < 4.78 is 0. The van der Waals surface area contributed by atoms with Gasteiger partial charge in [-0.05, 0) is 13.8 Å². The standard InChI is InChI=1S/C11H18N4S/c1-4-15(5-2)11-13-9-7-16-6-8(9)10(12-3)14-11/h4-7H2,1-3H3,(H,12,13,14). The van der Waals surface area contributed by atoms with Crippen molar-refractivity contribution in [2.45, 2.75) is 25.4 Å². The van der Waals surface area contributed by atoms with Crippen LogP contribution in [0.1, 0.15) is 25.1 Å². The molecule has 0 saturated heterocycles. The summed E-state index contributed by atoms with van der Waals surface area (Å²) in [6.45, 7) is 6.17. The Balaban J connectivity index is 2.41. The van der Waals surface area contributed by atoms with Gasteiger partial charge in [0.2, 0.25) is 5.95 Å². The smallest absolute Gasteiger partial charge is 0.227 e. The van der Waals surface area contributed by atoms with Crippen molar-refractivity contribution in [3.8, 4) is 0 Å².